The van der Waals surface area contributed by atoms with Crippen molar-refractivity contribution in [3.05, 3.63) is 29.8 Å². The molecular weight excluding hydrogens is 280 g/mol. The predicted molar refractivity (Wildman–Crippen MR) is 85.0 cm³/mol. The van der Waals surface area contributed by atoms with Gasteiger partial charge in [0.1, 0.15) is 12.3 Å². The van der Waals surface area contributed by atoms with Crippen molar-refractivity contribution in [3.63, 3.8) is 0 Å². The first-order valence-electron chi connectivity index (χ1n) is 7.89. The van der Waals surface area contributed by atoms with Crippen LogP contribution in [0.25, 0.3) is 0 Å². The molecule has 1 saturated carbocycles. The number of carbonyl (C=O) groups is 2. The van der Waals surface area contributed by atoms with Crippen LogP contribution in [0.15, 0.2) is 24.3 Å². The second kappa shape index (κ2) is 7.82. The van der Waals surface area contributed by atoms with Crippen LogP contribution in [0.2, 0.25) is 0 Å². The number of nitrogens with one attached hydrogen (secondary N) is 2. The third-order valence-corrected chi connectivity index (χ3v) is 3.86. The lowest BCUT2D eigenvalue weighted by atomic mass is 10.0. The summed E-state index contributed by atoms with van der Waals surface area (Å²) in [5.74, 6) is 0.456. The predicted octanol–water partition coefficient (Wildman–Crippen LogP) is 2.96. The lowest BCUT2D eigenvalue weighted by molar-refractivity contribution is -0.133. The summed E-state index contributed by atoms with van der Waals surface area (Å²) in [7, 11) is 0. The standard InChI is InChI=1S/C17H24N2O3/c1-12(2)13-7-9-15(10-8-13)22-16(20)11-18-17(21)19-14-5-3-4-6-14/h7-10,12,14H,3-6,11H2,1-2H3,(H2,18,19,21). The first-order valence-corrected chi connectivity index (χ1v) is 7.89. The minimum absolute atomic E-state index is 0.134. The maximum absolute atomic E-state index is 11.7. The van der Waals surface area contributed by atoms with Crippen molar-refractivity contribution in [2.45, 2.75) is 51.5 Å². The molecule has 1 fully saturated rings. The van der Waals surface area contributed by atoms with Crippen LogP contribution in [0.5, 0.6) is 5.75 Å². The molecule has 22 heavy (non-hydrogen) atoms. The molecule has 2 rings (SSSR count). The van der Waals surface area contributed by atoms with Gasteiger partial charge in [-0.05, 0) is 36.5 Å². The Morgan fingerprint density at radius 2 is 1.82 bits per heavy atom. The van der Waals surface area contributed by atoms with Crippen molar-refractivity contribution >= 4 is 12.0 Å². The smallest absolute Gasteiger partial charge is 0.330 e. The van der Waals surface area contributed by atoms with Crippen molar-refractivity contribution in [2.24, 2.45) is 0 Å². The van der Waals surface area contributed by atoms with Crippen LogP contribution in [0, 0.1) is 0 Å². The van der Waals surface area contributed by atoms with Gasteiger partial charge in [-0.15, -0.1) is 0 Å². The molecular formula is C17H24N2O3. The Hall–Kier alpha value is -2.04. The Kier molecular flexibility index (Phi) is 5.81. The topological polar surface area (TPSA) is 67.4 Å². The van der Waals surface area contributed by atoms with Crippen LogP contribution < -0.4 is 15.4 Å². The Morgan fingerprint density at radius 3 is 2.41 bits per heavy atom. The molecule has 1 aromatic carbocycles. The van der Waals surface area contributed by atoms with E-state index in [0.29, 0.717) is 11.7 Å². The maximum Gasteiger partial charge on any atom is 0.330 e. The summed E-state index contributed by atoms with van der Waals surface area (Å²) >= 11 is 0. The van der Waals surface area contributed by atoms with E-state index in [9.17, 15) is 9.59 Å². The van der Waals surface area contributed by atoms with Gasteiger partial charge >= 0.3 is 12.0 Å². The normalized spacial score (nSPS) is 14.9. The Labute approximate surface area is 131 Å². The second-order valence-electron chi connectivity index (χ2n) is 6.01. The average Bonchev–Trinajstić information content (AvgIpc) is 2.98. The molecule has 0 bridgehead atoms. The molecule has 0 spiro atoms. The average molecular weight is 304 g/mol. The van der Waals surface area contributed by atoms with E-state index in [1.165, 1.54) is 5.56 Å². The molecule has 0 radical (unpaired) electrons. The van der Waals surface area contributed by atoms with E-state index in [-0.39, 0.29) is 18.6 Å². The zero-order chi connectivity index (χ0) is 15.9. The van der Waals surface area contributed by atoms with Crippen molar-refractivity contribution in [3.8, 4) is 5.75 Å². The van der Waals surface area contributed by atoms with Crippen LogP contribution in [0.1, 0.15) is 51.0 Å². The lowest BCUT2D eigenvalue weighted by Crippen LogP contribution is -2.43. The van der Waals surface area contributed by atoms with E-state index >= 15 is 0 Å². The molecule has 0 unspecified atom stereocenters. The molecule has 120 valence electrons. The van der Waals surface area contributed by atoms with Crippen LogP contribution in [0.4, 0.5) is 4.79 Å². The zero-order valence-electron chi connectivity index (χ0n) is 13.2. The van der Waals surface area contributed by atoms with Gasteiger partial charge in [0.2, 0.25) is 0 Å². The SMILES string of the molecule is CC(C)c1ccc(OC(=O)CNC(=O)NC2CCCC2)cc1. The van der Waals surface area contributed by atoms with E-state index in [1.54, 1.807) is 12.1 Å². The van der Waals surface area contributed by atoms with Gasteiger partial charge in [0.05, 0.1) is 0 Å². The van der Waals surface area contributed by atoms with E-state index in [4.69, 9.17) is 4.74 Å². The highest BCUT2D eigenvalue weighted by Gasteiger charge is 2.17. The fourth-order valence-corrected chi connectivity index (χ4v) is 2.55. The summed E-state index contributed by atoms with van der Waals surface area (Å²) in [4.78, 5) is 23.4. The molecule has 5 nitrogen and oxygen atoms in total. The van der Waals surface area contributed by atoms with Crippen molar-refractivity contribution < 1.29 is 14.3 Å². The minimum Gasteiger partial charge on any atom is -0.425 e. The summed E-state index contributed by atoms with van der Waals surface area (Å²) in [6.07, 6.45) is 4.33. The monoisotopic (exact) mass is 304 g/mol. The largest absolute Gasteiger partial charge is 0.425 e. The van der Waals surface area contributed by atoms with Crippen molar-refractivity contribution in [1.29, 1.82) is 0 Å². The summed E-state index contributed by atoms with van der Waals surface area (Å²) in [6, 6.07) is 7.34. The van der Waals surface area contributed by atoms with Gasteiger partial charge in [-0.1, -0.05) is 38.8 Å². The molecule has 1 aliphatic carbocycles. The van der Waals surface area contributed by atoms with Gasteiger partial charge in [-0.2, -0.15) is 0 Å². The molecule has 2 N–H and O–H groups in total. The Bertz CT molecular complexity index is 505. The highest BCUT2D eigenvalue weighted by Crippen LogP contribution is 2.19. The van der Waals surface area contributed by atoms with Crippen molar-refractivity contribution in [2.75, 3.05) is 6.54 Å². The molecule has 0 saturated heterocycles. The van der Waals surface area contributed by atoms with Gasteiger partial charge in [-0.3, -0.25) is 0 Å². The molecule has 2 amide bonds. The lowest BCUT2D eigenvalue weighted by Gasteiger charge is -2.12. The van der Waals surface area contributed by atoms with Crippen LogP contribution in [0.3, 0.4) is 0 Å². The highest BCUT2D eigenvalue weighted by atomic mass is 16.5. The third kappa shape index (κ3) is 5.06. The number of hydrogen-bond donors (Lipinski definition) is 2. The number of urea groups is 1. The molecule has 1 aliphatic rings. The summed E-state index contributed by atoms with van der Waals surface area (Å²) in [5.41, 5.74) is 1.19. The number of rotatable bonds is 5. The number of amides is 2. The molecule has 0 atom stereocenters. The molecule has 0 aliphatic heterocycles. The van der Waals surface area contributed by atoms with E-state index in [1.807, 2.05) is 12.1 Å². The quantitative estimate of drug-likeness (QED) is 0.649. The van der Waals surface area contributed by atoms with Crippen LogP contribution >= 0.6 is 0 Å². The van der Waals surface area contributed by atoms with Gasteiger partial charge in [0.25, 0.3) is 0 Å². The first-order chi connectivity index (χ1) is 10.5. The molecule has 1 aromatic rings. The number of hydrogen-bond acceptors (Lipinski definition) is 3. The molecule has 5 heteroatoms. The molecule has 0 aromatic heterocycles. The van der Waals surface area contributed by atoms with E-state index in [2.05, 4.69) is 24.5 Å². The van der Waals surface area contributed by atoms with Gasteiger partial charge < -0.3 is 15.4 Å². The number of benzene rings is 1. The fourth-order valence-electron chi connectivity index (χ4n) is 2.55. The summed E-state index contributed by atoms with van der Waals surface area (Å²) in [5, 5.41) is 5.39. The van der Waals surface area contributed by atoms with Gasteiger partial charge in [0.15, 0.2) is 0 Å². The van der Waals surface area contributed by atoms with E-state index < -0.39 is 5.97 Å². The van der Waals surface area contributed by atoms with Gasteiger partial charge in [0, 0.05) is 6.04 Å². The first kappa shape index (κ1) is 16.3. The van der Waals surface area contributed by atoms with E-state index in [0.717, 1.165) is 25.7 Å². The highest BCUT2D eigenvalue weighted by molar-refractivity contribution is 5.82. The Morgan fingerprint density at radius 1 is 1.18 bits per heavy atom. The fraction of sp³-hybridized carbons (Fsp3) is 0.529. The second-order valence-corrected chi connectivity index (χ2v) is 6.01. The minimum atomic E-state index is -0.473. The third-order valence-electron chi connectivity index (χ3n) is 3.86. The van der Waals surface area contributed by atoms with Crippen LogP contribution in [-0.2, 0) is 4.79 Å². The maximum atomic E-state index is 11.7. The summed E-state index contributed by atoms with van der Waals surface area (Å²) in [6.45, 7) is 4.08. The number of carbonyl (C=O) groups excluding carboxylic acids is 2. The molecule has 0 heterocycles. The number of ether oxygens (including phenoxy) is 1. The number of esters is 1. The zero-order valence-corrected chi connectivity index (χ0v) is 13.2. The summed E-state index contributed by atoms with van der Waals surface area (Å²) < 4.78 is 5.19. The van der Waals surface area contributed by atoms with Gasteiger partial charge in [-0.25, -0.2) is 9.59 Å². The van der Waals surface area contributed by atoms with Crippen LogP contribution in [-0.4, -0.2) is 24.6 Å². The Balaban J connectivity index is 1.71. The van der Waals surface area contributed by atoms with Crippen molar-refractivity contribution in [1.82, 2.24) is 10.6 Å².